The standard InChI is InChI=1S/C17H17NO/c1-2-18-12-17-16(10-11-19-17)15-9-5-7-13-6-3-4-8-14(13)15/h3-11,18H,2,12H2,1H3. The zero-order chi connectivity index (χ0) is 13.1. The minimum atomic E-state index is 0.766. The molecular formula is C17H17NO. The Morgan fingerprint density at radius 2 is 1.79 bits per heavy atom. The Kier molecular flexibility index (Phi) is 3.34. The normalized spacial score (nSPS) is 11.0. The molecule has 0 aliphatic rings. The minimum absolute atomic E-state index is 0.766. The van der Waals surface area contributed by atoms with E-state index in [0.717, 1.165) is 18.8 Å². The molecule has 19 heavy (non-hydrogen) atoms. The van der Waals surface area contributed by atoms with Gasteiger partial charge in [-0.05, 0) is 28.9 Å². The summed E-state index contributed by atoms with van der Waals surface area (Å²) in [6.07, 6.45) is 1.77. The van der Waals surface area contributed by atoms with Crippen molar-refractivity contribution in [2.45, 2.75) is 13.5 Å². The molecule has 0 atom stereocenters. The van der Waals surface area contributed by atoms with Crippen molar-refractivity contribution in [2.75, 3.05) is 6.54 Å². The van der Waals surface area contributed by atoms with Crippen molar-refractivity contribution >= 4 is 10.8 Å². The van der Waals surface area contributed by atoms with Gasteiger partial charge in [-0.2, -0.15) is 0 Å². The molecule has 1 N–H and O–H groups in total. The van der Waals surface area contributed by atoms with Crippen molar-refractivity contribution in [3.63, 3.8) is 0 Å². The molecule has 0 amide bonds. The van der Waals surface area contributed by atoms with E-state index in [1.165, 1.54) is 21.9 Å². The molecule has 0 fully saturated rings. The maximum absolute atomic E-state index is 5.61. The van der Waals surface area contributed by atoms with Gasteiger partial charge in [0.05, 0.1) is 12.8 Å². The predicted molar refractivity (Wildman–Crippen MR) is 79.0 cm³/mol. The first kappa shape index (κ1) is 12.0. The largest absolute Gasteiger partial charge is 0.467 e. The fourth-order valence-corrected chi connectivity index (χ4v) is 2.42. The molecule has 3 aromatic rings. The summed E-state index contributed by atoms with van der Waals surface area (Å²) < 4.78 is 5.61. The van der Waals surface area contributed by atoms with Crippen LogP contribution in [0, 0.1) is 0 Å². The van der Waals surface area contributed by atoms with Crippen LogP contribution in [0.2, 0.25) is 0 Å². The van der Waals surface area contributed by atoms with Gasteiger partial charge in [0.25, 0.3) is 0 Å². The molecule has 0 radical (unpaired) electrons. The van der Waals surface area contributed by atoms with Crippen molar-refractivity contribution in [1.29, 1.82) is 0 Å². The molecule has 0 bridgehead atoms. The molecule has 1 heterocycles. The zero-order valence-electron chi connectivity index (χ0n) is 11.0. The van der Waals surface area contributed by atoms with Gasteiger partial charge in [0.2, 0.25) is 0 Å². The third-order valence-corrected chi connectivity index (χ3v) is 3.36. The fourth-order valence-electron chi connectivity index (χ4n) is 2.42. The van der Waals surface area contributed by atoms with Gasteiger partial charge in [0.15, 0.2) is 0 Å². The Hall–Kier alpha value is -2.06. The molecule has 2 heteroatoms. The number of rotatable bonds is 4. The second-order valence-electron chi connectivity index (χ2n) is 4.56. The first-order chi connectivity index (χ1) is 9.40. The highest BCUT2D eigenvalue weighted by Crippen LogP contribution is 2.31. The third-order valence-electron chi connectivity index (χ3n) is 3.36. The highest BCUT2D eigenvalue weighted by Gasteiger charge is 2.10. The SMILES string of the molecule is CCNCc1occc1-c1cccc2ccccc12. The van der Waals surface area contributed by atoms with Crippen LogP contribution in [0.5, 0.6) is 0 Å². The van der Waals surface area contributed by atoms with Crippen LogP contribution in [0.1, 0.15) is 12.7 Å². The summed E-state index contributed by atoms with van der Waals surface area (Å²) in [5.74, 6) is 0.998. The molecule has 0 saturated carbocycles. The maximum atomic E-state index is 5.61. The molecule has 0 unspecified atom stereocenters. The van der Waals surface area contributed by atoms with Gasteiger partial charge in [-0.3, -0.25) is 0 Å². The van der Waals surface area contributed by atoms with Crippen LogP contribution in [0.15, 0.2) is 59.2 Å². The molecule has 96 valence electrons. The van der Waals surface area contributed by atoms with Gasteiger partial charge in [0, 0.05) is 5.56 Å². The van der Waals surface area contributed by atoms with Crippen molar-refractivity contribution in [1.82, 2.24) is 5.32 Å². The van der Waals surface area contributed by atoms with Crippen molar-refractivity contribution in [3.05, 3.63) is 60.6 Å². The summed E-state index contributed by atoms with van der Waals surface area (Å²) in [5, 5.41) is 5.84. The Labute approximate surface area is 113 Å². The van der Waals surface area contributed by atoms with E-state index in [2.05, 4.69) is 60.8 Å². The molecule has 0 spiro atoms. The molecule has 0 aliphatic heterocycles. The second kappa shape index (κ2) is 5.29. The molecule has 0 saturated heterocycles. The number of hydrogen-bond acceptors (Lipinski definition) is 2. The topological polar surface area (TPSA) is 25.2 Å². The fraction of sp³-hybridized carbons (Fsp3) is 0.176. The predicted octanol–water partition coefficient (Wildman–Crippen LogP) is 4.21. The van der Waals surface area contributed by atoms with Crippen LogP contribution in [-0.2, 0) is 6.54 Å². The lowest BCUT2D eigenvalue weighted by Crippen LogP contribution is -2.11. The average Bonchev–Trinajstić information content (AvgIpc) is 2.92. The Morgan fingerprint density at radius 1 is 0.947 bits per heavy atom. The van der Waals surface area contributed by atoms with Gasteiger partial charge < -0.3 is 9.73 Å². The highest BCUT2D eigenvalue weighted by molar-refractivity contribution is 5.96. The quantitative estimate of drug-likeness (QED) is 0.751. The van der Waals surface area contributed by atoms with Gasteiger partial charge in [-0.15, -0.1) is 0 Å². The molecular weight excluding hydrogens is 234 g/mol. The van der Waals surface area contributed by atoms with Gasteiger partial charge in [-0.25, -0.2) is 0 Å². The lowest BCUT2D eigenvalue weighted by Gasteiger charge is -2.07. The Morgan fingerprint density at radius 3 is 2.68 bits per heavy atom. The number of benzene rings is 2. The first-order valence-electron chi connectivity index (χ1n) is 6.65. The molecule has 2 nitrogen and oxygen atoms in total. The number of fused-ring (bicyclic) bond motifs is 1. The maximum Gasteiger partial charge on any atom is 0.125 e. The monoisotopic (exact) mass is 251 g/mol. The second-order valence-corrected chi connectivity index (χ2v) is 4.56. The Balaban J connectivity index is 2.12. The van der Waals surface area contributed by atoms with E-state index < -0.39 is 0 Å². The lowest BCUT2D eigenvalue weighted by atomic mass is 9.98. The minimum Gasteiger partial charge on any atom is -0.467 e. The van der Waals surface area contributed by atoms with E-state index in [-0.39, 0.29) is 0 Å². The number of hydrogen-bond donors (Lipinski definition) is 1. The molecule has 0 aliphatic carbocycles. The van der Waals surface area contributed by atoms with Crippen LogP contribution in [-0.4, -0.2) is 6.54 Å². The van der Waals surface area contributed by atoms with Crippen molar-refractivity contribution in [2.24, 2.45) is 0 Å². The summed E-state index contributed by atoms with van der Waals surface area (Å²) in [7, 11) is 0. The van der Waals surface area contributed by atoms with Crippen LogP contribution >= 0.6 is 0 Å². The number of nitrogens with one attached hydrogen (secondary N) is 1. The van der Waals surface area contributed by atoms with Gasteiger partial charge in [-0.1, -0.05) is 49.4 Å². The van der Waals surface area contributed by atoms with E-state index in [1.54, 1.807) is 6.26 Å². The van der Waals surface area contributed by atoms with Crippen LogP contribution in [0.3, 0.4) is 0 Å². The van der Waals surface area contributed by atoms with E-state index in [1.807, 2.05) is 0 Å². The summed E-state index contributed by atoms with van der Waals surface area (Å²) in [5.41, 5.74) is 2.41. The van der Waals surface area contributed by atoms with Crippen molar-refractivity contribution < 1.29 is 4.42 Å². The summed E-state index contributed by atoms with van der Waals surface area (Å²) in [4.78, 5) is 0. The van der Waals surface area contributed by atoms with Crippen LogP contribution in [0.25, 0.3) is 21.9 Å². The van der Waals surface area contributed by atoms with E-state index in [9.17, 15) is 0 Å². The van der Waals surface area contributed by atoms with Crippen LogP contribution < -0.4 is 5.32 Å². The molecule has 1 aromatic heterocycles. The lowest BCUT2D eigenvalue weighted by molar-refractivity contribution is 0.489. The van der Waals surface area contributed by atoms with E-state index in [0.29, 0.717) is 0 Å². The molecule has 3 rings (SSSR count). The summed E-state index contributed by atoms with van der Waals surface area (Å²) in [6.45, 7) is 3.80. The molecule has 2 aromatic carbocycles. The average molecular weight is 251 g/mol. The highest BCUT2D eigenvalue weighted by atomic mass is 16.3. The van der Waals surface area contributed by atoms with E-state index in [4.69, 9.17) is 4.42 Å². The van der Waals surface area contributed by atoms with Crippen LogP contribution in [0.4, 0.5) is 0 Å². The summed E-state index contributed by atoms with van der Waals surface area (Å²) >= 11 is 0. The van der Waals surface area contributed by atoms with Crippen molar-refractivity contribution in [3.8, 4) is 11.1 Å². The smallest absolute Gasteiger partial charge is 0.125 e. The third kappa shape index (κ3) is 2.27. The zero-order valence-corrected chi connectivity index (χ0v) is 11.0. The Bertz CT molecular complexity index is 679. The summed E-state index contributed by atoms with van der Waals surface area (Å²) in [6, 6.07) is 16.9. The number of furan rings is 1. The van der Waals surface area contributed by atoms with Gasteiger partial charge in [0.1, 0.15) is 5.76 Å². The first-order valence-corrected chi connectivity index (χ1v) is 6.65. The van der Waals surface area contributed by atoms with Gasteiger partial charge >= 0.3 is 0 Å². The van der Waals surface area contributed by atoms with E-state index >= 15 is 0 Å².